The average Bonchev–Trinajstić information content (AvgIpc) is 3.18. The van der Waals surface area contributed by atoms with Crippen molar-refractivity contribution >= 4 is 5.97 Å². The Hall–Kier alpha value is -3.52. The number of aliphatic carboxylic acids is 1. The molecule has 0 saturated heterocycles. The quantitative estimate of drug-likeness (QED) is 0.213. The van der Waals surface area contributed by atoms with Gasteiger partial charge in [-0.15, -0.1) is 0 Å². The lowest BCUT2D eigenvalue weighted by Gasteiger charge is -2.27. The van der Waals surface area contributed by atoms with Crippen LogP contribution in [0.2, 0.25) is 0 Å². The summed E-state index contributed by atoms with van der Waals surface area (Å²) in [6.45, 7) is 0.469. The summed E-state index contributed by atoms with van der Waals surface area (Å²) in [5.74, 6) is -0.646. The smallest absolute Gasteiger partial charge is 0.350 e. The fourth-order valence-corrected chi connectivity index (χ4v) is 5.52. The molecule has 210 valence electrons. The van der Waals surface area contributed by atoms with E-state index in [9.17, 15) is 19.8 Å². The third kappa shape index (κ3) is 7.76. The molecule has 0 spiro atoms. The van der Waals surface area contributed by atoms with Crippen LogP contribution >= 0.6 is 0 Å². The Morgan fingerprint density at radius 1 is 0.923 bits per heavy atom. The molecule has 1 saturated carbocycles. The second kappa shape index (κ2) is 14.0. The second-order valence-electron chi connectivity index (χ2n) is 10.7. The van der Waals surface area contributed by atoms with Gasteiger partial charge < -0.3 is 20.7 Å². The van der Waals surface area contributed by atoms with Crippen molar-refractivity contribution in [3.63, 3.8) is 0 Å². The van der Waals surface area contributed by atoms with Gasteiger partial charge in [0.25, 0.3) is 0 Å². The van der Waals surface area contributed by atoms with Gasteiger partial charge in [-0.25, -0.2) is 9.47 Å². The summed E-state index contributed by atoms with van der Waals surface area (Å²) >= 11 is 0. The summed E-state index contributed by atoms with van der Waals surface area (Å²) in [5, 5.41) is 30.8. The normalized spacial score (nSPS) is 14.8. The van der Waals surface area contributed by atoms with E-state index in [0.29, 0.717) is 18.5 Å². The number of nitrogens with one attached hydrogen (secondary N) is 1. The first kappa shape index (κ1) is 28.5. The largest absolute Gasteiger partial charge is 0.493 e. The number of carboxylic acid groups (broad SMARTS) is 1. The molecule has 0 amide bonds. The highest BCUT2D eigenvalue weighted by atomic mass is 16.4. The van der Waals surface area contributed by atoms with Gasteiger partial charge in [-0.05, 0) is 54.7 Å². The Morgan fingerprint density at radius 2 is 1.59 bits per heavy atom. The SMILES string of the molecule is O=C(O)CCCCCCc1c(O)n(Cc2ccc(-c3ccccc3)cc2)c(=O)n1NCC(O)C1CCCCC1. The molecule has 1 heterocycles. The van der Waals surface area contributed by atoms with Crippen LogP contribution in [-0.2, 0) is 17.8 Å². The average molecular weight is 536 g/mol. The van der Waals surface area contributed by atoms with Gasteiger partial charge >= 0.3 is 11.7 Å². The zero-order chi connectivity index (χ0) is 27.6. The van der Waals surface area contributed by atoms with E-state index >= 15 is 0 Å². The first-order valence-electron chi connectivity index (χ1n) is 14.3. The first-order valence-corrected chi connectivity index (χ1v) is 14.3. The highest BCUT2D eigenvalue weighted by Gasteiger charge is 2.24. The molecule has 1 aromatic heterocycles. The number of aliphatic hydroxyl groups is 1. The minimum atomic E-state index is -0.795. The number of hydrogen-bond acceptors (Lipinski definition) is 5. The topological polar surface area (TPSA) is 117 Å². The fraction of sp³-hybridized carbons (Fsp3) is 0.484. The van der Waals surface area contributed by atoms with Crippen molar-refractivity contribution in [3.05, 3.63) is 76.3 Å². The summed E-state index contributed by atoms with van der Waals surface area (Å²) < 4.78 is 2.77. The molecule has 1 aliphatic carbocycles. The van der Waals surface area contributed by atoms with E-state index in [2.05, 4.69) is 5.43 Å². The lowest BCUT2D eigenvalue weighted by Crippen LogP contribution is -2.38. The molecule has 0 radical (unpaired) electrons. The molecule has 8 nitrogen and oxygen atoms in total. The van der Waals surface area contributed by atoms with Gasteiger partial charge in [-0.1, -0.05) is 86.7 Å². The van der Waals surface area contributed by atoms with E-state index in [1.165, 1.54) is 15.7 Å². The fourth-order valence-electron chi connectivity index (χ4n) is 5.52. The standard InChI is InChI=1S/C31H41N3O5/c35-28(26-13-7-4-8-14-26)21-32-34-27(15-9-1-2-10-16-29(36)37)30(38)33(31(34)39)22-23-17-19-25(20-18-23)24-11-5-3-6-12-24/h3,5-6,11-12,17-20,26,28,32,35,38H,1-2,4,7-10,13-16,21-22H2,(H,36,37). The van der Waals surface area contributed by atoms with E-state index < -0.39 is 12.1 Å². The van der Waals surface area contributed by atoms with Crippen LogP contribution in [-0.4, -0.2) is 43.2 Å². The van der Waals surface area contributed by atoms with E-state index in [-0.39, 0.29) is 37.0 Å². The summed E-state index contributed by atoms with van der Waals surface area (Å²) in [5.41, 5.74) is 6.34. The number of unbranched alkanes of at least 4 members (excludes halogenated alkanes) is 3. The molecule has 0 aliphatic heterocycles. The Morgan fingerprint density at radius 3 is 2.28 bits per heavy atom. The third-order valence-electron chi connectivity index (χ3n) is 7.81. The Balaban J connectivity index is 1.48. The van der Waals surface area contributed by atoms with Crippen LogP contribution in [0, 0.1) is 5.92 Å². The van der Waals surface area contributed by atoms with Gasteiger partial charge in [-0.3, -0.25) is 9.36 Å². The van der Waals surface area contributed by atoms with Crippen molar-refractivity contribution in [1.82, 2.24) is 9.24 Å². The van der Waals surface area contributed by atoms with Gasteiger partial charge in [0.15, 0.2) is 0 Å². The third-order valence-corrected chi connectivity index (χ3v) is 7.81. The number of carbonyl (C=O) groups is 1. The van der Waals surface area contributed by atoms with Crippen molar-refractivity contribution in [3.8, 4) is 17.0 Å². The molecule has 1 unspecified atom stereocenters. The van der Waals surface area contributed by atoms with E-state index in [1.807, 2.05) is 54.6 Å². The van der Waals surface area contributed by atoms with Crippen LogP contribution < -0.4 is 11.1 Å². The number of nitrogens with zero attached hydrogens (tertiary/aromatic N) is 2. The van der Waals surface area contributed by atoms with Gasteiger partial charge in [0.05, 0.1) is 19.2 Å². The molecule has 1 aliphatic rings. The number of aliphatic hydroxyl groups excluding tert-OH is 1. The number of aromatic hydroxyl groups is 1. The molecular formula is C31H41N3O5. The van der Waals surface area contributed by atoms with Crippen molar-refractivity contribution in [1.29, 1.82) is 0 Å². The van der Waals surface area contributed by atoms with Crippen molar-refractivity contribution < 1.29 is 20.1 Å². The predicted molar refractivity (Wildman–Crippen MR) is 153 cm³/mol. The van der Waals surface area contributed by atoms with Gasteiger partial charge in [0, 0.05) is 6.42 Å². The maximum Gasteiger partial charge on any atom is 0.350 e. The molecule has 4 rings (SSSR count). The zero-order valence-electron chi connectivity index (χ0n) is 22.6. The molecule has 39 heavy (non-hydrogen) atoms. The van der Waals surface area contributed by atoms with Crippen molar-refractivity contribution in [2.45, 2.75) is 83.3 Å². The summed E-state index contributed by atoms with van der Waals surface area (Å²) in [4.78, 5) is 24.2. The Bertz CT molecular complexity index is 1240. The van der Waals surface area contributed by atoms with Crippen LogP contribution in [0.4, 0.5) is 0 Å². The van der Waals surface area contributed by atoms with Crippen LogP contribution in [0.5, 0.6) is 5.88 Å². The van der Waals surface area contributed by atoms with E-state index in [1.54, 1.807) is 0 Å². The molecule has 8 heteroatoms. The van der Waals surface area contributed by atoms with Crippen LogP contribution in [0.15, 0.2) is 59.4 Å². The predicted octanol–water partition coefficient (Wildman–Crippen LogP) is 5.13. The number of imidazole rings is 1. The molecule has 3 aromatic rings. The van der Waals surface area contributed by atoms with E-state index in [4.69, 9.17) is 5.11 Å². The summed E-state index contributed by atoms with van der Waals surface area (Å²) in [7, 11) is 0. The number of benzene rings is 2. The Kier molecular flexibility index (Phi) is 10.3. The molecule has 4 N–H and O–H groups in total. The Labute approximate surface area is 229 Å². The van der Waals surface area contributed by atoms with Crippen molar-refractivity contribution in [2.24, 2.45) is 5.92 Å². The lowest BCUT2D eigenvalue weighted by molar-refractivity contribution is -0.137. The molecular weight excluding hydrogens is 494 g/mol. The minimum Gasteiger partial charge on any atom is -0.493 e. The van der Waals surface area contributed by atoms with Crippen LogP contribution in [0.3, 0.4) is 0 Å². The van der Waals surface area contributed by atoms with Gasteiger partial charge in [0.2, 0.25) is 5.88 Å². The lowest BCUT2D eigenvalue weighted by atomic mass is 9.85. The van der Waals surface area contributed by atoms with Crippen molar-refractivity contribution in [2.75, 3.05) is 12.0 Å². The summed E-state index contributed by atoms with van der Waals surface area (Å²) in [6, 6.07) is 18.0. The molecule has 0 bridgehead atoms. The number of rotatable bonds is 14. The maximum atomic E-state index is 13.5. The minimum absolute atomic E-state index is 0.0719. The van der Waals surface area contributed by atoms with Gasteiger partial charge in [0.1, 0.15) is 5.69 Å². The molecule has 1 fully saturated rings. The first-order chi connectivity index (χ1) is 18.9. The summed E-state index contributed by atoms with van der Waals surface area (Å²) in [6.07, 6.45) is 8.40. The zero-order valence-corrected chi connectivity index (χ0v) is 22.6. The van der Waals surface area contributed by atoms with Crippen LogP contribution in [0.25, 0.3) is 11.1 Å². The monoisotopic (exact) mass is 535 g/mol. The molecule has 2 aromatic carbocycles. The second-order valence-corrected chi connectivity index (χ2v) is 10.7. The molecule has 1 atom stereocenters. The maximum absolute atomic E-state index is 13.5. The van der Waals surface area contributed by atoms with Crippen LogP contribution in [0.1, 0.15) is 75.5 Å². The highest BCUT2D eigenvalue weighted by Crippen LogP contribution is 2.27. The highest BCUT2D eigenvalue weighted by molar-refractivity contribution is 5.66. The number of aromatic nitrogens is 2. The number of carboxylic acids is 1. The number of hydrogen-bond donors (Lipinski definition) is 4. The van der Waals surface area contributed by atoms with E-state index in [0.717, 1.165) is 61.6 Å². The van der Waals surface area contributed by atoms with Gasteiger partial charge in [-0.2, -0.15) is 0 Å².